The van der Waals surface area contributed by atoms with E-state index in [2.05, 4.69) is 27.9 Å². The molecule has 83 valence electrons. The molecule has 1 heterocycles. The standard InChI is InChI=1S/C12H13N2OS/c1-15-12-4-2-10(3-5-12)6-13-7-11-8-16-9-14-11/h2-5,8,13H,6-7H2,1H3. The van der Waals surface area contributed by atoms with Crippen LogP contribution in [-0.2, 0) is 13.1 Å². The lowest BCUT2D eigenvalue weighted by molar-refractivity contribution is 0.414. The smallest absolute Gasteiger partial charge is 0.152 e. The Morgan fingerprint density at radius 2 is 2.12 bits per heavy atom. The first-order chi connectivity index (χ1) is 7.88. The van der Waals surface area contributed by atoms with Gasteiger partial charge in [0.05, 0.1) is 12.8 Å². The Morgan fingerprint density at radius 3 is 2.75 bits per heavy atom. The molecule has 0 aliphatic heterocycles. The predicted molar refractivity (Wildman–Crippen MR) is 64.5 cm³/mol. The van der Waals surface area contributed by atoms with Gasteiger partial charge in [-0.3, -0.25) is 0 Å². The molecule has 0 spiro atoms. The maximum atomic E-state index is 5.10. The summed E-state index contributed by atoms with van der Waals surface area (Å²) in [5, 5.41) is 5.33. The van der Waals surface area contributed by atoms with Crippen LogP contribution in [0.3, 0.4) is 0 Å². The highest BCUT2D eigenvalue weighted by molar-refractivity contribution is 7.07. The van der Waals surface area contributed by atoms with Crippen molar-refractivity contribution in [1.29, 1.82) is 0 Å². The summed E-state index contributed by atoms with van der Waals surface area (Å²) < 4.78 is 5.10. The van der Waals surface area contributed by atoms with Crippen molar-refractivity contribution in [2.24, 2.45) is 0 Å². The minimum absolute atomic E-state index is 0.784. The number of benzene rings is 1. The molecule has 0 aliphatic carbocycles. The Labute approximate surface area is 99.1 Å². The van der Waals surface area contributed by atoms with Gasteiger partial charge in [0.2, 0.25) is 0 Å². The molecule has 2 rings (SSSR count). The number of thiazole rings is 1. The number of ether oxygens (including phenoxy) is 1. The third-order valence-electron chi connectivity index (χ3n) is 2.23. The number of nitrogens with one attached hydrogen (secondary N) is 1. The second-order valence-electron chi connectivity index (χ2n) is 3.38. The lowest BCUT2D eigenvalue weighted by Gasteiger charge is -2.04. The predicted octanol–water partition coefficient (Wildman–Crippen LogP) is 2.24. The van der Waals surface area contributed by atoms with Gasteiger partial charge in [0.25, 0.3) is 0 Å². The van der Waals surface area contributed by atoms with Gasteiger partial charge in [0.15, 0.2) is 5.51 Å². The SMILES string of the molecule is COc1ccc(CNCc2cs[c]n2)cc1. The van der Waals surface area contributed by atoms with E-state index in [-0.39, 0.29) is 0 Å². The second kappa shape index (κ2) is 5.63. The molecular weight excluding hydrogens is 220 g/mol. The fourth-order valence-corrected chi connectivity index (χ4v) is 1.86. The van der Waals surface area contributed by atoms with Gasteiger partial charge in [-0.05, 0) is 17.7 Å². The van der Waals surface area contributed by atoms with Crippen LogP contribution in [0.2, 0.25) is 0 Å². The van der Waals surface area contributed by atoms with E-state index in [0.29, 0.717) is 0 Å². The lowest BCUT2D eigenvalue weighted by Crippen LogP contribution is -2.12. The van der Waals surface area contributed by atoms with Crippen LogP contribution in [-0.4, -0.2) is 12.1 Å². The first-order valence-electron chi connectivity index (χ1n) is 5.02. The molecule has 0 unspecified atom stereocenters. The van der Waals surface area contributed by atoms with E-state index in [1.54, 1.807) is 7.11 Å². The molecule has 0 fully saturated rings. The van der Waals surface area contributed by atoms with E-state index in [0.717, 1.165) is 24.5 Å². The van der Waals surface area contributed by atoms with Gasteiger partial charge in [-0.15, -0.1) is 11.3 Å². The average molecular weight is 233 g/mol. The summed E-state index contributed by atoms with van der Waals surface area (Å²) in [6, 6.07) is 8.04. The van der Waals surface area contributed by atoms with Crippen molar-refractivity contribution in [3.8, 4) is 5.75 Å². The maximum absolute atomic E-state index is 5.10. The van der Waals surface area contributed by atoms with Gasteiger partial charge in [-0.1, -0.05) is 12.1 Å². The minimum atomic E-state index is 0.784. The summed E-state index contributed by atoms with van der Waals surface area (Å²) >= 11 is 1.50. The van der Waals surface area contributed by atoms with Crippen LogP contribution in [0, 0.1) is 5.51 Å². The first kappa shape index (κ1) is 11.1. The van der Waals surface area contributed by atoms with Crippen molar-refractivity contribution in [1.82, 2.24) is 10.3 Å². The molecule has 2 aromatic rings. The molecule has 16 heavy (non-hydrogen) atoms. The highest BCUT2D eigenvalue weighted by Gasteiger charge is 1.96. The number of rotatable bonds is 5. The largest absolute Gasteiger partial charge is 0.497 e. The maximum Gasteiger partial charge on any atom is 0.152 e. The van der Waals surface area contributed by atoms with Crippen LogP contribution in [0.1, 0.15) is 11.3 Å². The summed E-state index contributed by atoms with van der Waals surface area (Å²) in [6.45, 7) is 1.62. The topological polar surface area (TPSA) is 34.1 Å². The molecule has 4 heteroatoms. The van der Waals surface area contributed by atoms with Crippen LogP contribution in [0.25, 0.3) is 0 Å². The van der Waals surface area contributed by atoms with Gasteiger partial charge in [0, 0.05) is 18.5 Å². The molecule has 0 atom stereocenters. The molecule has 0 amide bonds. The third-order valence-corrected chi connectivity index (χ3v) is 2.82. The third kappa shape index (κ3) is 3.05. The van der Waals surface area contributed by atoms with E-state index in [1.165, 1.54) is 16.9 Å². The normalized spacial score (nSPS) is 10.3. The first-order valence-corrected chi connectivity index (χ1v) is 5.90. The zero-order valence-corrected chi connectivity index (χ0v) is 9.88. The Morgan fingerprint density at radius 1 is 1.31 bits per heavy atom. The van der Waals surface area contributed by atoms with Crippen molar-refractivity contribution in [3.05, 3.63) is 46.4 Å². The van der Waals surface area contributed by atoms with E-state index >= 15 is 0 Å². The zero-order valence-electron chi connectivity index (χ0n) is 9.06. The van der Waals surface area contributed by atoms with E-state index in [4.69, 9.17) is 4.74 Å². The Hall–Kier alpha value is -1.39. The highest BCUT2D eigenvalue weighted by atomic mass is 32.1. The van der Waals surface area contributed by atoms with Crippen molar-refractivity contribution in [2.75, 3.05) is 7.11 Å². The quantitative estimate of drug-likeness (QED) is 0.860. The number of hydrogen-bond acceptors (Lipinski definition) is 4. The highest BCUT2D eigenvalue weighted by Crippen LogP contribution is 2.11. The fourth-order valence-electron chi connectivity index (χ4n) is 1.37. The Kier molecular flexibility index (Phi) is 3.91. The van der Waals surface area contributed by atoms with E-state index in [9.17, 15) is 0 Å². The molecule has 1 N–H and O–H groups in total. The monoisotopic (exact) mass is 233 g/mol. The number of nitrogens with zero attached hydrogens (tertiary/aromatic N) is 1. The average Bonchev–Trinajstić information content (AvgIpc) is 2.83. The van der Waals surface area contributed by atoms with E-state index in [1.807, 2.05) is 17.5 Å². The van der Waals surface area contributed by atoms with Gasteiger partial charge < -0.3 is 10.1 Å². The second-order valence-corrected chi connectivity index (χ2v) is 4.04. The van der Waals surface area contributed by atoms with Crippen molar-refractivity contribution in [3.63, 3.8) is 0 Å². The Bertz CT molecular complexity index is 411. The van der Waals surface area contributed by atoms with Gasteiger partial charge in [0.1, 0.15) is 5.75 Å². The molecule has 1 radical (unpaired) electrons. The summed E-state index contributed by atoms with van der Waals surface area (Å²) in [7, 11) is 1.67. The molecule has 1 aromatic carbocycles. The number of methoxy groups -OCH3 is 1. The summed E-state index contributed by atoms with van der Waals surface area (Å²) in [4.78, 5) is 4.09. The molecule has 0 saturated carbocycles. The van der Waals surface area contributed by atoms with Crippen LogP contribution in [0.4, 0.5) is 0 Å². The van der Waals surface area contributed by atoms with Crippen LogP contribution < -0.4 is 10.1 Å². The molecule has 1 aromatic heterocycles. The Balaban J connectivity index is 1.81. The van der Waals surface area contributed by atoms with Crippen molar-refractivity contribution < 1.29 is 4.74 Å². The molecule has 3 nitrogen and oxygen atoms in total. The van der Waals surface area contributed by atoms with Crippen molar-refractivity contribution >= 4 is 11.3 Å². The summed E-state index contributed by atoms with van der Waals surface area (Å²) in [5.41, 5.74) is 5.11. The lowest BCUT2D eigenvalue weighted by atomic mass is 10.2. The number of aromatic nitrogens is 1. The van der Waals surface area contributed by atoms with Gasteiger partial charge in [-0.2, -0.15) is 0 Å². The molecule has 0 bridgehead atoms. The van der Waals surface area contributed by atoms with Crippen LogP contribution in [0.15, 0.2) is 29.6 Å². The fraction of sp³-hybridized carbons (Fsp3) is 0.250. The summed E-state index contributed by atoms with van der Waals surface area (Å²) in [6.07, 6.45) is 0. The van der Waals surface area contributed by atoms with Gasteiger partial charge in [-0.25, -0.2) is 4.98 Å². The van der Waals surface area contributed by atoms with Crippen LogP contribution in [0.5, 0.6) is 5.75 Å². The summed E-state index contributed by atoms with van der Waals surface area (Å²) in [5.74, 6) is 0.887. The van der Waals surface area contributed by atoms with Gasteiger partial charge >= 0.3 is 0 Å². The van der Waals surface area contributed by atoms with Crippen molar-refractivity contribution in [2.45, 2.75) is 13.1 Å². The van der Waals surface area contributed by atoms with E-state index < -0.39 is 0 Å². The minimum Gasteiger partial charge on any atom is -0.497 e. The van der Waals surface area contributed by atoms with Crippen LogP contribution >= 0.6 is 11.3 Å². The molecular formula is C12H13N2OS. The number of hydrogen-bond donors (Lipinski definition) is 1. The zero-order chi connectivity index (χ0) is 11.2. The molecule has 0 aliphatic rings. The molecule has 0 saturated heterocycles.